The second-order valence-corrected chi connectivity index (χ2v) is 6.60. The van der Waals surface area contributed by atoms with E-state index in [4.69, 9.17) is 4.74 Å². The van der Waals surface area contributed by atoms with Crippen LogP contribution in [0.15, 0.2) is 36.5 Å². The van der Waals surface area contributed by atoms with Crippen LogP contribution >= 0.6 is 0 Å². The third-order valence-corrected chi connectivity index (χ3v) is 4.69. The number of ether oxygens (including phenoxy) is 1. The van der Waals surface area contributed by atoms with Gasteiger partial charge in [0.15, 0.2) is 5.82 Å². The van der Waals surface area contributed by atoms with E-state index in [1.54, 1.807) is 18.3 Å². The number of anilines is 1. The van der Waals surface area contributed by atoms with Gasteiger partial charge in [0, 0.05) is 37.9 Å². The minimum absolute atomic E-state index is 0.380. The molecule has 1 aliphatic heterocycles. The SMILES string of the molecule is FC(F)(F)c1cccc(-c2nc3c(NCCN4CCOCC4)nccc3[nH]2)c1. The first-order chi connectivity index (χ1) is 13.5. The van der Waals surface area contributed by atoms with Gasteiger partial charge in [-0.25, -0.2) is 9.97 Å². The number of nitrogens with zero attached hydrogens (tertiary/aromatic N) is 3. The van der Waals surface area contributed by atoms with Gasteiger partial charge in [0.1, 0.15) is 11.3 Å². The molecule has 9 heteroatoms. The Balaban J connectivity index is 1.53. The number of aromatic nitrogens is 3. The Labute approximate surface area is 159 Å². The van der Waals surface area contributed by atoms with Crippen LogP contribution in [-0.2, 0) is 10.9 Å². The number of hydrogen-bond acceptors (Lipinski definition) is 5. The van der Waals surface area contributed by atoms with Crippen LogP contribution in [0.3, 0.4) is 0 Å². The number of halogens is 3. The molecule has 0 atom stereocenters. The van der Waals surface area contributed by atoms with Gasteiger partial charge in [-0.15, -0.1) is 0 Å². The van der Waals surface area contributed by atoms with Gasteiger partial charge in [0.25, 0.3) is 0 Å². The van der Waals surface area contributed by atoms with Crippen molar-refractivity contribution >= 4 is 16.9 Å². The van der Waals surface area contributed by atoms with E-state index in [9.17, 15) is 13.2 Å². The number of rotatable bonds is 5. The van der Waals surface area contributed by atoms with Crippen molar-refractivity contribution < 1.29 is 17.9 Å². The summed E-state index contributed by atoms with van der Waals surface area (Å²) in [5, 5.41) is 3.28. The fraction of sp³-hybridized carbons (Fsp3) is 0.368. The van der Waals surface area contributed by atoms with Crippen molar-refractivity contribution in [3.8, 4) is 11.4 Å². The fourth-order valence-corrected chi connectivity index (χ4v) is 3.20. The molecule has 0 aliphatic carbocycles. The Bertz CT molecular complexity index is 950. The van der Waals surface area contributed by atoms with E-state index in [-0.39, 0.29) is 0 Å². The first-order valence-corrected chi connectivity index (χ1v) is 9.07. The van der Waals surface area contributed by atoms with Crippen LogP contribution in [0.4, 0.5) is 19.0 Å². The minimum Gasteiger partial charge on any atom is -0.379 e. The smallest absolute Gasteiger partial charge is 0.379 e. The summed E-state index contributed by atoms with van der Waals surface area (Å²) in [4.78, 5) is 14.2. The Morgan fingerprint density at radius 1 is 1.18 bits per heavy atom. The Hall–Kier alpha value is -2.65. The lowest BCUT2D eigenvalue weighted by Crippen LogP contribution is -2.39. The summed E-state index contributed by atoms with van der Waals surface area (Å²) in [5.41, 5.74) is 1.01. The van der Waals surface area contributed by atoms with E-state index in [1.165, 1.54) is 6.07 Å². The molecule has 0 saturated carbocycles. The first kappa shape index (κ1) is 18.7. The normalized spacial score (nSPS) is 15.8. The summed E-state index contributed by atoms with van der Waals surface area (Å²) < 4.78 is 44.3. The van der Waals surface area contributed by atoms with Gasteiger partial charge in [-0.1, -0.05) is 12.1 Å². The van der Waals surface area contributed by atoms with Crippen molar-refractivity contribution in [3.05, 3.63) is 42.1 Å². The van der Waals surface area contributed by atoms with Gasteiger partial charge in [0.2, 0.25) is 0 Å². The van der Waals surface area contributed by atoms with Gasteiger partial charge in [-0.3, -0.25) is 4.90 Å². The number of pyridine rings is 1. The number of hydrogen-bond donors (Lipinski definition) is 2. The van der Waals surface area contributed by atoms with Crippen molar-refractivity contribution in [2.75, 3.05) is 44.7 Å². The number of aromatic amines is 1. The van der Waals surface area contributed by atoms with E-state index in [0.717, 1.165) is 50.5 Å². The second kappa shape index (κ2) is 7.76. The number of H-pyrrole nitrogens is 1. The summed E-state index contributed by atoms with van der Waals surface area (Å²) in [7, 11) is 0. The highest BCUT2D eigenvalue weighted by Crippen LogP contribution is 2.32. The highest BCUT2D eigenvalue weighted by atomic mass is 19.4. The largest absolute Gasteiger partial charge is 0.416 e. The van der Waals surface area contributed by atoms with Crippen molar-refractivity contribution in [2.24, 2.45) is 0 Å². The molecule has 2 aromatic heterocycles. The zero-order chi connectivity index (χ0) is 19.6. The van der Waals surface area contributed by atoms with E-state index in [2.05, 4.69) is 25.2 Å². The molecule has 3 aromatic rings. The zero-order valence-electron chi connectivity index (χ0n) is 15.1. The highest BCUT2D eigenvalue weighted by molar-refractivity contribution is 5.88. The van der Waals surface area contributed by atoms with Crippen molar-refractivity contribution in [1.82, 2.24) is 19.9 Å². The number of benzene rings is 1. The molecular formula is C19H20F3N5O. The lowest BCUT2D eigenvalue weighted by Gasteiger charge is -2.26. The third-order valence-electron chi connectivity index (χ3n) is 4.69. The van der Waals surface area contributed by atoms with Crippen LogP contribution in [0.5, 0.6) is 0 Å². The molecule has 1 aromatic carbocycles. The standard InChI is InChI=1S/C19H20F3N5O/c20-19(21,22)14-3-1-2-13(12-14)17-25-15-4-5-23-18(16(15)26-17)24-6-7-27-8-10-28-11-9-27/h1-5,12H,6-11H2,(H,23,24)(H,25,26). The summed E-state index contributed by atoms with van der Waals surface area (Å²) in [6, 6.07) is 6.88. The van der Waals surface area contributed by atoms with E-state index >= 15 is 0 Å². The van der Waals surface area contributed by atoms with E-state index in [0.29, 0.717) is 29.3 Å². The zero-order valence-corrected chi connectivity index (χ0v) is 15.1. The molecule has 28 heavy (non-hydrogen) atoms. The van der Waals surface area contributed by atoms with Crippen LogP contribution < -0.4 is 5.32 Å². The molecule has 1 saturated heterocycles. The van der Waals surface area contributed by atoms with Crippen LogP contribution in [-0.4, -0.2) is 59.2 Å². The number of fused-ring (bicyclic) bond motifs is 1. The fourth-order valence-electron chi connectivity index (χ4n) is 3.20. The molecule has 6 nitrogen and oxygen atoms in total. The average Bonchev–Trinajstić information content (AvgIpc) is 3.14. The second-order valence-electron chi connectivity index (χ2n) is 6.60. The van der Waals surface area contributed by atoms with E-state index in [1.807, 2.05) is 0 Å². The minimum atomic E-state index is -4.39. The predicted octanol–water partition coefficient (Wildman–Crippen LogP) is 3.39. The summed E-state index contributed by atoms with van der Waals surface area (Å²) in [6.45, 7) is 4.84. The van der Waals surface area contributed by atoms with Crippen molar-refractivity contribution in [3.63, 3.8) is 0 Å². The highest BCUT2D eigenvalue weighted by Gasteiger charge is 2.30. The number of alkyl halides is 3. The molecule has 0 unspecified atom stereocenters. The van der Waals surface area contributed by atoms with Gasteiger partial charge in [-0.05, 0) is 18.2 Å². The molecule has 1 fully saturated rings. The molecule has 148 valence electrons. The molecule has 2 N–H and O–H groups in total. The summed E-state index contributed by atoms with van der Waals surface area (Å²) >= 11 is 0. The Kier molecular flexibility index (Phi) is 5.19. The molecule has 0 radical (unpaired) electrons. The molecule has 1 aliphatic rings. The maximum Gasteiger partial charge on any atom is 0.416 e. The molecule has 3 heterocycles. The van der Waals surface area contributed by atoms with Crippen molar-refractivity contribution in [2.45, 2.75) is 6.18 Å². The molecule has 0 bridgehead atoms. The monoisotopic (exact) mass is 391 g/mol. The molecular weight excluding hydrogens is 371 g/mol. The quantitative estimate of drug-likeness (QED) is 0.698. The molecule has 0 spiro atoms. The predicted molar refractivity (Wildman–Crippen MR) is 100 cm³/mol. The van der Waals surface area contributed by atoms with Gasteiger partial charge in [-0.2, -0.15) is 13.2 Å². The lowest BCUT2D eigenvalue weighted by atomic mass is 10.1. The van der Waals surface area contributed by atoms with Crippen LogP contribution in [0.1, 0.15) is 5.56 Å². The maximum atomic E-state index is 13.0. The Morgan fingerprint density at radius 3 is 2.79 bits per heavy atom. The maximum absolute atomic E-state index is 13.0. The number of imidazole rings is 1. The van der Waals surface area contributed by atoms with Crippen LogP contribution in [0.25, 0.3) is 22.4 Å². The van der Waals surface area contributed by atoms with Crippen LogP contribution in [0.2, 0.25) is 0 Å². The third kappa shape index (κ3) is 4.10. The first-order valence-electron chi connectivity index (χ1n) is 9.07. The summed E-state index contributed by atoms with van der Waals surface area (Å²) in [5.74, 6) is 0.991. The summed E-state index contributed by atoms with van der Waals surface area (Å²) in [6.07, 6.45) is -2.75. The van der Waals surface area contributed by atoms with Gasteiger partial charge >= 0.3 is 6.18 Å². The van der Waals surface area contributed by atoms with Crippen LogP contribution in [0, 0.1) is 0 Å². The number of morpholine rings is 1. The van der Waals surface area contributed by atoms with E-state index < -0.39 is 11.7 Å². The molecule has 0 amide bonds. The van der Waals surface area contributed by atoms with Gasteiger partial charge < -0.3 is 15.0 Å². The Morgan fingerprint density at radius 2 is 2.00 bits per heavy atom. The lowest BCUT2D eigenvalue weighted by molar-refractivity contribution is -0.137. The topological polar surface area (TPSA) is 66.1 Å². The molecule has 4 rings (SSSR count). The number of nitrogens with one attached hydrogen (secondary N) is 2. The average molecular weight is 391 g/mol. The van der Waals surface area contributed by atoms with Gasteiger partial charge in [0.05, 0.1) is 24.3 Å². The van der Waals surface area contributed by atoms with Crippen molar-refractivity contribution in [1.29, 1.82) is 0 Å².